The first-order valence-corrected chi connectivity index (χ1v) is 10.9. The van der Waals surface area contributed by atoms with Gasteiger partial charge in [0.25, 0.3) is 0 Å². The zero-order valence-electron chi connectivity index (χ0n) is 16.3. The summed E-state index contributed by atoms with van der Waals surface area (Å²) in [6.45, 7) is 5.82. The van der Waals surface area contributed by atoms with Crippen molar-refractivity contribution < 1.29 is 4.79 Å². The lowest BCUT2D eigenvalue weighted by molar-refractivity contribution is -0.115. The van der Waals surface area contributed by atoms with Crippen LogP contribution in [0.4, 0.5) is 5.00 Å². The quantitative estimate of drug-likeness (QED) is 0.461. The predicted molar refractivity (Wildman–Crippen MR) is 118 cm³/mol. The molecule has 4 rings (SSSR count). The Hall–Kier alpha value is -2.89. The first-order valence-electron chi connectivity index (χ1n) is 9.24. The van der Waals surface area contributed by atoms with Gasteiger partial charge in [-0.1, -0.05) is 36.9 Å². The summed E-state index contributed by atoms with van der Waals surface area (Å²) in [5.41, 5.74) is 3.21. The van der Waals surface area contributed by atoms with Crippen molar-refractivity contribution in [2.45, 2.75) is 37.6 Å². The average molecular weight is 422 g/mol. The fourth-order valence-electron chi connectivity index (χ4n) is 3.18. The normalized spacial score (nSPS) is 12.2. The van der Waals surface area contributed by atoms with Crippen molar-refractivity contribution in [3.63, 3.8) is 0 Å². The molecule has 0 spiro atoms. The highest BCUT2D eigenvalue weighted by Crippen LogP contribution is 2.33. The van der Waals surface area contributed by atoms with Crippen LogP contribution < -0.4 is 5.32 Å². The van der Waals surface area contributed by atoms with Crippen LogP contribution in [-0.4, -0.2) is 25.8 Å². The van der Waals surface area contributed by atoms with E-state index < -0.39 is 0 Å². The number of aryl methyl sites for hydroxylation is 1. The standard InChI is InChI=1S/C21H19N5OS2/c1-4-17(19(27)23-20-15(11-22)12(2)13(3)28-20)29-21-25-24-18-10-9-14-7-5-6-8-16(14)26(18)21/h5-10,17H,4H2,1-3H3,(H,23,27). The van der Waals surface area contributed by atoms with Crippen molar-refractivity contribution in [1.29, 1.82) is 5.26 Å². The number of thioether (sulfide) groups is 1. The van der Waals surface area contributed by atoms with E-state index in [1.54, 1.807) is 0 Å². The average Bonchev–Trinajstić information content (AvgIpc) is 3.26. The molecular formula is C21H19N5OS2. The maximum absolute atomic E-state index is 13.0. The zero-order valence-corrected chi connectivity index (χ0v) is 17.9. The van der Waals surface area contributed by atoms with Gasteiger partial charge in [0.15, 0.2) is 10.8 Å². The van der Waals surface area contributed by atoms with Gasteiger partial charge in [-0.3, -0.25) is 9.20 Å². The number of pyridine rings is 1. The molecule has 3 aromatic heterocycles. The molecule has 6 nitrogen and oxygen atoms in total. The SMILES string of the molecule is CCC(Sc1nnc2ccc3ccccc3n12)C(=O)Nc1sc(C)c(C)c1C#N. The number of para-hydroxylation sites is 1. The van der Waals surface area contributed by atoms with Gasteiger partial charge in [-0.25, -0.2) is 0 Å². The number of hydrogen-bond donors (Lipinski definition) is 1. The Morgan fingerprint density at radius 3 is 2.83 bits per heavy atom. The molecule has 0 aliphatic rings. The fourth-order valence-corrected chi connectivity index (χ4v) is 5.17. The van der Waals surface area contributed by atoms with Gasteiger partial charge in [-0.2, -0.15) is 5.26 Å². The summed E-state index contributed by atoms with van der Waals surface area (Å²) in [4.78, 5) is 14.0. The third-order valence-electron chi connectivity index (χ3n) is 4.89. The molecule has 0 fully saturated rings. The van der Waals surface area contributed by atoms with Crippen LogP contribution in [0, 0.1) is 25.2 Å². The van der Waals surface area contributed by atoms with Gasteiger partial charge in [0.05, 0.1) is 16.3 Å². The van der Waals surface area contributed by atoms with E-state index in [2.05, 4.69) is 21.6 Å². The number of hydrogen-bond acceptors (Lipinski definition) is 6. The molecule has 29 heavy (non-hydrogen) atoms. The molecule has 4 aromatic rings. The van der Waals surface area contributed by atoms with E-state index in [-0.39, 0.29) is 11.2 Å². The molecule has 0 bridgehead atoms. The summed E-state index contributed by atoms with van der Waals surface area (Å²) < 4.78 is 1.98. The molecule has 0 saturated carbocycles. The highest BCUT2D eigenvalue weighted by molar-refractivity contribution is 8.00. The van der Waals surface area contributed by atoms with E-state index in [1.165, 1.54) is 23.1 Å². The number of carbonyl (C=O) groups excluding carboxylic acids is 1. The van der Waals surface area contributed by atoms with Crippen molar-refractivity contribution in [2.75, 3.05) is 5.32 Å². The molecule has 3 heterocycles. The summed E-state index contributed by atoms with van der Waals surface area (Å²) in [5, 5.41) is 23.0. The van der Waals surface area contributed by atoms with Gasteiger partial charge in [0, 0.05) is 4.88 Å². The molecule has 0 radical (unpaired) electrons. The van der Waals surface area contributed by atoms with Crippen LogP contribution in [0.5, 0.6) is 0 Å². The number of amides is 1. The lowest BCUT2D eigenvalue weighted by Gasteiger charge is -2.13. The number of thiophene rings is 1. The monoisotopic (exact) mass is 421 g/mol. The molecule has 0 aliphatic heterocycles. The van der Waals surface area contributed by atoms with Crippen LogP contribution in [0.25, 0.3) is 16.6 Å². The van der Waals surface area contributed by atoms with Gasteiger partial charge >= 0.3 is 0 Å². The van der Waals surface area contributed by atoms with Gasteiger partial charge in [-0.15, -0.1) is 21.5 Å². The van der Waals surface area contributed by atoms with Crippen molar-refractivity contribution in [3.05, 3.63) is 52.4 Å². The number of nitrogens with one attached hydrogen (secondary N) is 1. The van der Waals surface area contributed by atoms with E-state index in [0.29, 0.717) is 22.1 Å². The molecule has 0 saturated heterocycles. The van der Waals surface area contributed by atoms with E-state index in [1.807, 2.05) is 61.6 Å². The number of nitriles is 1. The van der Waals surface area contributed by atoms with Crippen molar-refractivity contribution >= 4 is 50.6 Å². The van der Waals surface area contributed by atoms with E-state index in [4.69, 9.17) is 0 Å². The molecule has 146 valence electrons. The Morgan fingerprint density at radius 1 is 1.28 bits per heavy atom. The number of benzene rings is 1. The number of aromatic nitrogens is 3. The van der Waals surface area contributed by atoms with Crippen LogP contribution in [0.2, 0.25) is 0 Å². The van der Waals surface area contributed by atoms with Crippen LogP contribution >= 0.6 is 23.1 Å². The van der Waals surface area contributed by atoms with E-state index >= 15 is 0 Å². The first-order chi connectivity index (χ1) is 14.0. The fraction of sp³-hybridized carbons (Fsp3) is 0.238. The molecular weight excluding hydrogens is 402 g/mol. The maximum atomic E-state index is 13.0. The molecule has 1 unspecified atom stereocenters. The predicted octanol–water partition coefficient (Wildman–Crippen LogP) is 4.94. The Kier molecular flexibility index (Phi) is 5.26. The maximum Gasteiger partial charge on any atom is 0.238 e. The summed E-state index contributed by atoms with van der Waals surface area (Å²) in [6.07, 6.45) is 0.626. The van der Waals surface area contributed by atoms with Crippen LogP contribution in [0.15, 0.2) is 41.6 Å². The summed E-state index contributed by atoms with van der Waals surface area (Å²) >= 11 is 2.83. The van der Waals surface area contributed by atoms with Crippen LogP contribution in [0.3, 0.4) is 0 Å². The minimum absolute atomic E-state index is 0.132. The minimum Gasteiger partial charge on any atom is -0.316 e. The number of rotatable bonds is 5. The number of anilines is 1. The molecule has 1 amide bonds. The number of nitrogens with zero attached hydrogens (tertiary/aromatic N) is 4. The highest BCUT2D eigenvalue weighted by atomic mass is 32.2. The molecule has 0 aliphatic carbocycles. The third kappa shape index (κ3) is 3.48. The van der Waals surface area contributed by atoms with Gasteiger partial charge in [0.1, 0.15) is 11.1 Å². The van der Waals surface area contributed by atoms with Crippen molar-refractivity contribution in [1.82, 2.24) is 14.6 Å². The third-order valence-corrected chi connectivity index (χ3v) is 7.32. The highest BCUT2D eigenvalue weighted by Gasteiger charge is 2.24. The van der Waals surface area contributed by atoms with Crippen molar-refractivity contribution in [3.8, 4) is 6.07 Å². The largest absolute Gasteiger partial charge is 0.316 e. The van der Waals surface area contributed by atoms with Crippen molar-refractivity contribution in [2.24, 2.45) is 0 Å². The van der Waals surface area contributed by atoms with Crippen LogP contribution in [0.1, 0.15) is 29.3 Å². The minimum atomic E-state index is -0.351. The lowest BCUT2D eigenvalue weighted by Crippen LogP contribution is -2.24. The number of fused-ring (bicyclic) bond motifs is 3. The summed E-state index contributed by atoms with van der Waals surface area (Å²) in [7, 11) is 0. The second-order valence-corrected chi connectivity index (χ2v) is 9.07. The first kappa shape index (κ1) is 19.4. The van der Waals surface area contributed by atoms with Crippen LogP contribution in [-0.2, 0) is 4.79 Å². The van der Waals surface area contributed by atoms with E-state index in [9.17, 15) is 10.1 Å². The molecule has 1 N–H and O–H groups in total. The second-order valence-electron chi connectivity index (χ2n) is 6.67. The topological polar surface area (TPSA) is 83.1 Å². The van der Waals surface area contributed by atoms with E-state index in [0.717, 1.165) is 27.0 Å². The van der Waals surface area contributed by atoms with Gasteiger partial charge < -0.3 is 5.32 Å². The molecule has 1 atom stereocenters. The Balaban J connectivity index is 1.65. The Bertz CT molecular complexity index is 1270. The molecule has 1 aromatic carbocycles. The summed E-state index contributed by atoms with van der Waals surface area (Å²) in [6, 6.07) is 14.2. The van der Waals surface area contributed by atoms with Gasteiger partial charge in [-0.05, 0) is 49.4 Å². The zero-order chi connectivity index (χ0) is 20.5. The Morgan fingerprint density at radius 2 is 2.07 bits per heavy atom. The molecule has 8 heteroatoms. The number of carbonyl (C=O) groups is 1. The lowest BCUT2D eigenvalue weighted by atomic mass is 10.2. The smallest absolute Gasteiger partial charge is 0.238 e. The second kappa shape index (κ2) is 7.85. The Labute approximate surface area is 176 Å². The van der Waals surface area contributed by atoms with Gasteiger partial charge in [0.2, 0.25) is 5.91 Å². The summed E-state index contributed by atoms with van der Waals surface area (Å²) in [5.74, 6) is -0.132.